The van der Waals surface area contributed by atoms with Gasteiger partial charge < -0.3 is 5.73 Å². The van der Waals surface area contributed by atoms with Crippen molar-refractivity contribution in [1.82, 2.24) is 9.80 Å². The lowest BCUT2D eigenvalue weighted by Gasteiger charge is -2.39. The molecular formula is C15H24N4. The number of nitrogens with zero attached hydrogens (tertiary/aromatic N) is 2. The predicted octanol–water partition coefficient (Wildman–Crippen LogP) is 1.50. The number of rotatable bonds is 4. The molecule has 1 atom stereocenters. The van der Waals surface area contributed by atoms with E-state index in [1.807, 2.05) is 12.1 Å². The number of nitrogen functional groups attached to an aromatic ring is 1. The minimum Gasteiger partial charge on any atom is -0.384 e. The maximum atomic E-state index is 7.39. The molecule has 0 saturated carbocycles. The fraction of sp³-hybridized carbons (Fsp3) is 0.533. The maximum absolute atomic E-state index is 7.39. The van der Waals surface area contributed by atoms with Gasteiger partial charge in [-0.25, -0.2) is 0 Å². The van der Waals surface area contributed by atoms with Crippen molar-refractivity contribution in [1.29, 1.82) is 5.41 Å². The Labute approximate surface area is 115 Å². The SMILES string of the molecule is CCN1CCN(Cc2ccc(C(=N)N)cc2)CC1C. The molecule has 1 aromatic rings. The largest absolute Gasteiger partial charge is 0.384 e. The molecule has 104 valence electrons. The van der Waals surface area contributed by atoms with Gasteiger partial charge in [-0.05, 0) is 19.0 Å². The summed E-state index contributed by atoms with van der Waals surface area (Å²) in [6.07, 6.45) is 0. The molecule has 3 N–H and O–H groups in total. The van der Waals surface area contributed by atoms with Crippen LogP contribution in [0.25, 0.3) is 0 Å². The van der Waals surface area contributed by atoms with Gasteiger partial charge in [0.1, 0.15) is 5.84 Å². The molecule has 19 heavy (non-hydrogen) atoms. The van der Waals surface area contributed by atoms with E-state index in [0.717, 1.165) is 38.3 Å². The van der Waals surface area contributed by atoms with Crippen molar-refractivity contribution in [2.45, 2.75) is 26.4 Å². The molecule has 4 nitrogen and oxygen atoms in total. The number of hydrogen-bond donors (Lipinski definition) is 2. The zero-order valence-corrected chi connectivity index (χ0v) is 11.9. The maximum Gasteiger partial charge on any atom is 0.122 e. The Morgan fingerprint density at radius 2 is 2.00 bits per heavy atom. The summed E-state index contributed by atoms with van der Waals surface area (Å²) in [5, 5.41) is 7.39. The van der Waals surface area contributed by atoms with Crippen LogP contribution >= 0.6 is 0 Å². The van der Waals surface area contributed by atoms with Crippen LogP contribution in [0.15, 0.2) is 24.3 Å². The first kappa shape index (κ1) is 14.0. The molecule has 0 spiro atoms. The van der Waals surface area contributed by atoms with E-state index in [1.54, 1.807) is 0 Å². The van der Waals surface area contributed by atoms with Gasteiger partial charge >= 0.3 is 0 Å². The summed E-state index contributed by atoms with van der Waals surface area (Å²) in [5.74, 6) is 0.136. The molecule has 1 heterocycles. The number of amidine groups is 1. The van der Waals surface area contributed by atoms with Crippen molar-refractivity contribution >= 4 is 5.84 Å². The highest BCUT2D eigenvalue weighted by Gasteiger charge is 2.21. The topological polar surface area (TPSA) is 56.4 Å². The van der Waals surface area contributed by atoms with Gasteiger partial charge in [0.2, 0.25) is 0 Å². The molecule has 0 aromatic heterocycles. The fourth-order valence-corrected chi connectivity index (χ4v) is 2.73. The molecule has 1 fully saturated rings. The molecule has 0 radical (unpaired) electrons. The van der Waals surface area contributed by atoms with Crippen LogP contribution in [0.1, 0.15) is 25.0 Å². The second-order valence-electron chi connectivity index (χ2n) is 5.32. The van der Waals surface area contributed by atoms with Crippen LogP contribution in [-0.2, 0) is 6.54 Å². The smallest absolute Gasteiger partial charge is 0.122 e. The van der Waals surface area contributed by atoms with E-state index < -0.39 is 0 Å². The van der Waals surface area contributed by atoms with E-state index >= 15 is 0 Å². The second-order valence-corrected chi connectivity index (χ2v) is 5.32. The highest BCUT2D eigenvalue weighted by Crippen LogP contribution is 2.13. The lowest BCUT2D eigenvalue weighted by atomic mass is 10.1. The van der Waals surface area contributed by atoms with Crippen LogP contribution in [0.5, 0.6) is 0 Å². The minimum absolute atomic E-state index is 0.136. The summed E-state index contributed by atoms with van der Waals surface area (Å²) in [5.41, 5.74) is 7.56. The summed E-state index contributed by atoms with van der Waals surface area (Å²) < 4.78 is 0. The van der Waals surface area contributed by atoms with Gasteiger partial charge in [-0.1, -0.05) is 31.2 Å². The van der Waals surface area contributed by atoms with Crippen molar-refractivity contribution in [3.63, 3.8) is 0 Å². The zero-order valence-electron chi connectivity index (χ0n) is 11.9. The van der Waals surface area contributed by atoms with Crippen LogP contribution in [-0.4, -0.2) is 47.9 Å². The molecule has 4 heteroatoms. The number of likely N-dealkylation sites (N-methyl/N-ethyl adjacent to an activating group) is 1. The van der Waals surface area contributed by atoms with Gasteiger partial charge in [-0.2, -0.15) is 0 Å². The van der Waals surface area contributed by atoms with E-state index in [2.05, 4.69) is 35.8 Å². The lowest BCUT2D eigenvalue weighted by molar-refractivity contribution is 0.0834. The second kappa shape index (κ2) is 6.17. The Hall–Kier alpha value is -1.39. The van der Waals surface area contributed by atoms with Crippen molar-refractivity contribution in [2.24, 2.45) is 5.73 Å². The molecular weight excluding hydrogens is 236 g/mol. The van der Waals surface area contributed by atoms with Gasteiger partial charge in [-0.15, -0.1) is 0 Å². The average molecular weight is 260 g/mol. The number of piperazine rings is 1. The summed E-state index contributed by atoms with van der Waals surface area (Å²) in [6.45, 7) is 10.1. The predicted molar refractivity (Wildman–Crippen MR) is 79.4 cm³/mol. The summed E-state index contributed by atoms with van der Waals surface area (Å²) in [7, 11) is 0. The highest BCUT2D eigenvalue weighted by molar-refractivity contribution is 5.94. The Morgan fingerprint density at radius 3 is 2.53 bits per heavy atom. The Balaban J connectivity index is 1.93. The standard InChI is InChI=1S/C15H24N4/c1-3-19-9-8-18(10-12(19)2)11-13-4-6-14(7-5-13)15(16)17/h4-7,12H,3,8-11H2,1-2H3,(H3,16,17). The molecule has 1 aliphatic rings. The van der Waals surface area contributed by atoms with Gasteiger partial charge in [0.25, 0.3) is 0 Å². The molecule has 1 unspecified atom stereocenters. The van der Waals surface area contributed by atoms with Crippen molar-refractivity contribution < 1.29 is 0 Å². The third kappa shape index (κ3) is 3.55. The summed E-state index contributed by atoms with van der Waals surface area (Å²) >= 11 is 0. The van der Waals surface area contributed by atoms with Crippen LogP contribution in [0.3, 0.4) is 0 Å². The average Bonchev–Trinajstić information content (AvgIpc) is 2.39. The Bertz CT molecular complexity index is 426. The third-order valence-electron chi connectivity index (χ3n) is 3.93. The first-order valence-electron chi connectivity index (χ1n) is 7.00. The van der Waals surface area contributed by atoms with E-state index in [4.69, 9.17) is 11.1 Å². The van der Waals surface area contributed by atoms with Gasteiger partial charge in [0, 0.05) is 37.8 Å². The van der Waals surface area contributed by atoms with Crippen LogP contribution in [0.4, 0.5) is 0 Å². The van der Waals surface area contributed by atoms with Crippen LogP contribution < -0.4 is 5.73 Å². The summed E-state index contributed by atoms with van der Waals surface area (Å²) in [4.78, 5) is 5.02. The third-order valence-corrected chi connectivity index (χ3v) is 3.93. The molecule has 0 bridgehead atoms. The number of nitrogens with one attached hydrogen (secondary N) is 1. The lowest BCUT2D eigenvalue weighted by Crippen LogP contribution is -2.51. The molecule has 1 aromatic carbocycles. The van der Waals surface area contributed by atoms with E-state index in [0.29, 0.717) is 6.04 Å². The zero-order chi connectivity index (χ0) is 13.8. The van der Waals surface area contributed by atoms with Gasteiger partial charge in [-0.3, -0.25) is 15.2 Å². The fourth-order valence-electron chi connectivity index (χ4n) is 2.73. The van der Waals surface area contributed by atoms with Crippen molar-refractivity contribution in [2.75, 3.05) is 26.2 Å². The quantitative estimate of drug-likeness (QED) is 0.637. The van der Waals surface area contributed by atoms with E-state index in [9.17, 15) is 0 Å². The Morgan fingerprint density at radius 1 is 1.32 bits per heavy atom. The minimum atomic E-state index is 0.136. The molecule has 1 aliphatic heterocycles. The molecule has 0 aliphatic carbocycles. The highest BCUT2D eigenvalue weighted by atomic mass is 15.3. The van der Waals surface area contributed by atoms with Gasteiger partial charge in [0.15, 0.2) is 0 Å². The van der Waals surface area contributed by atoms with E-state index in [1.165, 1.54) is 5.56 Å². The first-order valence-corrected chi connectivity index (χ1v) is 7.00. The summed E-state index contributed by atoms with van der Waals surface area (Å²) in [6, 6.07) is 8.66. The number of hydrogen-bond acceptors (Lipinski definition) is 3. The van der Waals surface area contributed by atoms with Gasteiger partial charge in [0.05, 0.1) is 0 Å². The Kier molecular flexibility index (Phi) is 4.56. The normalized spacial score (nSPS) is 21.5. The van der Waals surface area contributed by atoms with Crippen molar-refractivity contribution in [3.8, 4) is 0 Å². The van der Waals surface area contributed by atoms with E-state index in [-0.39, 0.29) is 5.84 Å². The molecule has 0 amide bonds. The van der Waals surface area contributed by atoms with Crippen LogP contribution in [0, 0.1) is 5.41 Å². The molecule has 2 rings (SSSR count). The number of benzene rings is 1. The van der Waals surface area contributed by atoms with Crippen LogP contribution in [0.2, 0.25) is 0 Å². The monoisotopic (exact) mass is 260 g/mol. The van der Waals surface area contributed by atoms with Crippen molar-refractivity contribution in [3.05, 3.63) is 35.4 Å². The number of nitrogens with two attached hydrogens (primary N) is 1. The first-order chi connectivity index (χ1) is 9.10. The molecule has 1 saturated heterocycles.